The zero-order chi connectivity index (χ0) is 18.5. The van der Waals surface area contributed by atoms with Crippen molar-refractivity contribution >= 4 is 34.8 Å². The lowest BCUT2D eigenvalue weighted by Crippen LogP contribution is -2.44. The molecule has 1 amide bonds. The van der Waals surface area contributed by atoms with Gasteiger partial charge in [-0.25, -0.2) is 0 Å². The van der Waals surface area contributed by atoms with E-state index in [0.717, 1.165) is 6.42 Å². The van der Waals surface area contributed by atoms with Crippen LogP contribution in [0.2, 0.25) is 10.0 Å². The van der Waals surface area contributed by atoms with E-state index in [1.54, 1.807) is 18.2 Å². The van der Waals surface area contributed by atoms with E-state index in [-0.39, 0.29) is 11.9 Å². The molecule has 132 valence electrons. The Hall–Kier alpha value is -2.36. The molecule has 0 bridgehead atoms. The summed E-state index contributed by atoms with van der Waals surface area (Å²) in [6.07, 6.45) is 4.71. The number of pyridine rings is 1. The van der Waals surface area contributed by atoms with Crippen molar-refractivity contribution in [3.63, 3.8) is 0 Å². The third-order valence-electron chi connectivity index (χ3n) is 4.19. The van der Waals surface area contributed by atoms with Gasteiger partial charge >= 0.3 is 0 Å². The first kappa shape index (κ1) is 18.4. The first-order valence-electron chi connectivity index (χ1n) is 8.32. The number of hydrogen-bond acceptors (Lipinski definition) is 1. The summed E-state index contributed by atoms with van der Waals surface area (Å²) in [5.74, 6) is -0.143. The van der Waals surface area contributed by atoms with Crippen molar-refractivity contribution in [3.05, 3.63) is 94.2 Å². The fourth-order valence-electron chi connectivity index (χ4n) is 2.64. The Balaban J connectivity index is 1.67. The average Bonchev–Trinajstić information content (AvgIpc) is 2.65. The van der Waals surface area contributed by atoms with Crippen molar-refractivity contribution in [2.45, 2.75) is 19.4 Å². The molecular formula is C21H19Cl2N2O+. The highest BCUT2D eigenvalue weighted by Gasteiger charge is 2.22. The summed E-state index contributed by atoms with van der Waals surface area (Å²) in [5, 5.41) is 3.79. The molecule has 3 rings (SSSR count). The molecular weight excluding hydrogens is 367 g/mol. The smallest absolute Gasteiger partial charge is 0.293 e. The summed E-state index contributed by atoms with van der Waals surface area (Å²) in [4.78, 5) is 12.5. The molecule has 26 heavy (non-hydrogen) atoms. The minimum atomic E-state index is -0.368. The monoisotopic (exact) mass is 385 g/mol. The second-order valence-corrected chi connectivity index (χ2v) is 6.95. The molecule has 0 spiro atoms. The Bertz CT molecular complexity index is 896. The molecule has 0 fully saturated rings. The summed E-state index contributed by atoms with van der Waals surface area (Å²) in [5.41, 5.74) is 3.00. The van der Waals surface area contributed by atoms with Crippen LogP contribution in [-0.4, -0.2) is 5.91 Å². The first-order chi connectivity index (χ1) is 12.5. The molecule has 0 saturated heterocycles. The first-order valence-corrected chi connectivity index (χ1v) is 9.08. The molecule has 2 aromatic carbocycles. The lowest BCUT2D eigenvalue weighted by atomic mass is 10.1. The number of hydrogen-bond donors (Lipinski definition) is 1. The molecule has 0 aliphatic carbocycles. The number of aromatic nitrogens is 1. The Kier molecular flexibility index (Phi) is 5.92. The van der Waals surface area contributed by atoms with Gasteiger partial charge in [-0.2, -0.15) is 4.57 Å². The largest absolute Gasteiger partial charge is 0.319 e. The van der Waals surface area contributed by atoms with E-state index >= 15 is 0 Å². The lowest BCUT2D eigenvalue weighted by Gasteiger charge is -2.10. The number of amides is 1. The lowest BCUT2D eigenvalue weighted by molar-refractivity contribution is -0.705. The topological polar surface area (TPSA) is 33.0 Å². The van der Waals surface area contributed by atoms with Gasteiger partial charge in [0.05, 0.1) is 10.7 Å². The van der Waals surface area contributed by atoms with Crippen LogP contribution in [0.3, 0.4) is 0 Å². The third-order valence-corrected chi connectivity index (χ3v) is 4.74. The maximum atomic E-state index is 12.5. The Morgan fingerprint density at radius 3 is 2.31 bits per heavy atom. The quantitative estimate of drug-likeness (QED) is 0.610. The van der Waals surface area contributed by atoms with Crippen LogP contribution in [0.1, 0.15) is 24.1 Å². The molecule has 3 nitrogen and oxygen atoms in total. The predicted octanol–water partition coefficient (Wildman–Crippen LogP) is 5.07. The molecule has 1 N–H and O–H groups in total. The van der Waals surface area contributed by atoms with Gasteiger partial charge in [-0.15, -0.1) is 0 Å². The Morgan fingerprint density at radius 1 is 1.00 bits per heavy atom. The standard InChI is InChI=1S/C21H18Cl2N2O/c1-15(21(26)24-20-8-7-18(22)14-19(20)23)25-11-9-17(10-12-25)13-16-5-3-2-4-6-16/h2-12,14-15H,13H2,1H3/p+1/t15-/m0/s1. The second-order valence-electron chi connectivity index (χ2n) is 6.11. The van der Waals surface area contributed by atoms with Gasteiger partial charge in [0.2, 0.25) is 6.04 Å². The average molecular weight is 386 g/mol. The molecule has 1 atom stereocenters. The Labute approximate surface area is 163 Å². The van der Waals surface area contributed by atoms with Crippen molar-refractivity contribution in [1.29, 1.82) is 0 Å². The van der Waals surface area contributed by atoms with Crippen LogP contribution >= 0.6 is 23.2 Å². The number of anilines is 1. The van der Waals surface area contributed by atoms with E-state index in [4.69, 9.17) is 23.2 Å². The predicted molar refractivity (Wildman–Crippen MR) is 106 cm³/mol. The van der Waals surface area contributed by atoms with Gasteiger partial charge in [0.15, 0.2) is 12.4 Å². The summed E-state index contributed by atoms with van der Waals surface area (Å²) in [6, 6.07) is 19.0. The summed E-state index contributed by atoms with van der Waals surface area (Å²) < 4.78 is 1.87. The number of nitrogens with one attached hydrogen (secondary N) is 1. The number of carbonyl (C=O) groups is 1. The van der Waals surface area contributed by atoms with Gasteiger partial charge in [-0.1, -0.05) is 53.5 Å². The van der Waals surface area contributed by atoms with Crippen LogP contribution < -0.4 is 9.88 Å². The second kappa shape index (κ2) is 8.35. The molecule has 0 unspecified atom stereocenters. The molecule has 1 heterocycles. The van der Waals surface area contributed by atoms with Gasteiger partial charge in [0, 0.05) is 24.1 Å². The van der Waals surface area contributed by atoms with Crippen LogP contribution in [-0.2, 0) is 11.2 Å². The van der Waals surface area contributed by atoms with Crippen LogP contribution in [0, 0.1) is 0 Å². The van der Waals surface area contributed by atoms with Gasteiger partial charge in [0.25, 0.3) is 5.91 Å². The van der Waals surface area contributed by atoms with Gasteiger partial charge in [-0.3, -0.25) is 4.79 Å². The zero-order valence-electron chi connectivity index (χ0n) is 14.3. The highest BCUT2D eigenvalue weighted by Crippen LogP contribution is 2.25. The fraction of sp³-hybridized carbons (Fsp3) is 0.143. The van der Waals surface area contributed by atoms with Crippen molar-refractivity contribution < 1.29 is 9.36 Å². The minimum absolute atomic E-state index is 0.143. The highest BCUT2D eigenvalue weighted by atomic mass is 35.5. The summed E-state index contributed by atoms with van der Waals surface area (Å²) in [7, 11) is 0. The molecule has 0 radical (unpaired) electrons. The van der Waals surface area contributed by atoms with E-state index < -0.39 is 0 Å². The van der Waals surface area contributed by atoms with Crippen molar-refractivity contribution in [2.75, 3.05) is 5.32 Å². The van der Waals surface area contributed by atoms with Crippen LogP contribution in [0.25, 0.3) is 0 Å². The summed E-state index contributed by atoms with van der Waals surface area (Å²) in [6.45, 7) is 1.84. The normalized spacial score (nSPS) is 11.8. The molecule has 0 saturated carbocycles. The van der Waals surface area contributed by atoms with Gasteiger partial charge in [0.1, 0.15) is 0 Å². The highest BCUT2D eigenvalue weighted by molar-refractivity contribution is 6.36. The molecule has 0 aliphatic heterocycles. The van der Waals surface area contributed by atoms with Crippen molar-refractivity contribution in [2.24, 2.45) is 0 Å². The van der Waals surface area contributed by atoms with E-state index in [0.29, 0.717) is 15.7 Å². The number of rotatable bonds is 5. The third kappa shape index (κ3) is 4.63. The zero-order valence-corrected chi connectivity index (χ0v) is 15.8. The summed E-state index contributed by atoms with van der Waals surface area (Å²) >= 11 is 12.0. The fourth-order valence-corrected chi connectivity index (χ4v) is 3.10. The molecule has 3 aromatic rings. The van der Waals surface area contributed by atoms with Crippen LogP contribution in [0.5, 0.6) is 0 Å². The van der Waals surface area contributed by atoms with E-state index in [2.05, 4.69) is 17.4 Å². The molecule has 5 heteroatoms. The van der Waals surface area contributed by atoms with E-state index in [1.165, 1.54) is 11.1 Å². The molecule has 0 aliphatic rings. The molecule has 1 aromatic heterocycles. The number of nitrogens with zero attached hydrogens (tertiary/aromatic N) is 1. The SMILES string of the molecule is C[C@@H](C(=O)Nc1ccc(Cl)cc1Cl)[n+]1ccc(Cc2ccccc2)cc1. The minimum Gasteiger partial charge on any atom is -0.319 e. The van der Waals surface area contributed by atoms with Gasteiger partial charge in [-0.05, 0) is 35.7 Å². The van der Waals surface area contributed by atoms with Gasteiger partial charge < -0.3 is 5.32 Å². The van der Waals surface area contributed by atoms with Crippen LogP contribution in [0.15, 0.2) is 73.1 Å². The Morgan fingerprint density at radius 2 is 1.65 bits per heavy atom. The number of carbonyl (C=O) groups excluding carboxylic acids is 1. The number of halogens is 2. The van der Waals surface area contributed by atoms with Crippen molar-refractivity contribution in [1.82, 2.24) is 0 Å². The van der Waals surface area contributed by atoms with Crippen LogP contribution in [0.4, 0.5) is 5.69 Å². The van der Waals surface area contributed by atoms with Crippen molar-refractivity contribution in [3.8, 4) is 0 Å². The van der Waals surface area contributed by atoms with E-state index in [1.807, 2.05) is 54.2 Å². The van der Waals surface area contributed by atoms with E-state index in [9.17, 15) is 4.79 Å². The maximum absolute atomic E-state index is 12.5. The number of benzene rings is 2. The maximum Gasteiger partial charge on any atom is 0.293 e.